The molecule has 6 nitrogen and oxygen atoms in total. The van der Waals surface area contributed by atoms with Gasteiger partial charge in [0.2, 0.25) is 0 Å². The Bertz CT molecular complexity index is 1300. The number of rotatable bonds is 3. The summed E-state index contributed by atoms with van der Waals surface area (Å²) in [6.07, 6.45) is -6.70. The smallest absolute Gasteiger partial charge is 0.458 e. The number of amides is 2. The number of ether oxygens (including phenoxy) is 2. The van der Waals surface area contributed by atoms with Crippen molar-refractivity contribution in [2.45, 2.75) is 45.0 Å². The maximum atomic E-state index is 14.5. The van der Waals surface area contributed by atoms with E-state index >= 15 is 0 Å². The summed E-state index contributed by atoms with van der Waals surface area (Å²) in [5, 5.41) is 0. The number of nitrogens with zero attached hydrogens (tertiary/aromatic N) is 2. The predicted octanol–water partition coefficient (Wildman–Crippen LogP) is 5.84. The molecule has 11 heteroatoms. The van der Waals surface area contributed by atoms with Crippen LogP contribution in [-0.4, -0.2) is 47.7 Å². The van der Waals surface area contributed by atoms with E-state index in [-0.39, 0.29) is 29.3 Å². The third kappa shape index (κ3) is 3.68. The molecule has 36 heavy (non-hydrogen) atoms. The van der Waals surface area contributed by atoms with Gasteiger partial charge in [0.25, 0.3) is 5.91 Å². The molecule has 2 heterocycles. The van der Waals surface area contributed by atoms with Gasteiger partial charge in [0.1, 0.15) is 11.4 Å². The number of halogens is 5. The van der Waals surface area contributed by atoms with Gasteiger partial charge in [-0.2, -0.15) is 22.0 Å². The van der Waals surface area contributed by atoms with Gasteiger partial charge in [-0.3, -0.25) is 9.69 Å². The van der Waals surface area contributed by atoms with E-state index in [1.54, 1.807) is 38.1 Å². The molecule has 192 valence electrons. The molecule has 2 aliphatic heterocycles. The summed E-state index contributed by atoms with van der Waals surface area (Å²) >= 11 is 0. The van der Waals surface area contributed by atoms with Gasteiger partial charge in [-0.05, 0) is 50.1 Å². The van der Waals surface area contributed by atoms with Gasteiger partial charge in [-0.15, -0.1) is 0 Å². The first-order valence-electron chi connectivity index (χ1n) is 10.9. The molecule has 2 amide bonds. The maximum Gasteiger partial charge on any atom is 0.458 e. The predicted molar refractivity (Wildman–Crippen MR) is 119 cm³/mol. The first-order valence-corrected chi connectivity index (χ1v) is 10.9. The fourth-order valence-electron chi connectivity index (χ4n) is 4.77. The quantitative estimate of drug-likeness (QED) is 0.487. The number of alkyl halides is 5. The molecule has 0 aliphatic carbocycles. The summed E-state index contributed by atoms with van der Waals surface area (Å²) in [6, 6.07) is 8.39. The number of likely N-dealkylation sites (N-methyl/N-ethyl adjacent to an activating group) is 1. The first-order chi connectivity index (χ1) is 16.6. The van der Waals surface area contributed by atoms with Crippen LogP contribution in [0.1, 0.15) is 46.5 Å². The number of carbonyl (C=O) groups is 2. The molecule has 0 atom stereocenters. The van der Waals surface area contributed by atoms with Crippen LogP contribution in [0.5, 0.6) is 5.75 Å². The van der Waals surface area contributed by atoms with E-state index in [1.807, 2.05) is 0 Å². The lowest BCUT2D eigenvalue weighted by atomic mass is 9.87. The number of benzene rings is 2. The van der Waals surface area contributed by atoms with Gasteiger partial charge in [0, 0.05) is 23.7 Å². The van der Waals surface area contributed by atoms with Gasteiger partial charge in [-0.1, -0.05) is 18.2 Å². The number of hydrogen-bond acceptors (Lipinski definition) is 4. The van der Waals surface area contributed by atoms with E-state index in [1.165, 1.54) is 11.9 Å². The minimum atomic E-state index is -5.85. The Morgan fingerprint density at radius 3 is 2.33 bits per heavy atom. The highest BCUT2D eigenvalue weighted by Gasteiger charge is 2.60. The van der Waals surface area contributed by atoms with Crippen LogP contribution in [0.15, 0.2) is 42.1 Å². The summed E-state index contributed by atoms with van der Waals surface area (Å²) in [4.78, 5) is 28.3. The van der Waals surface area contributed by atoms with Crippen molar-refractivity contribution in [3.05, 3.63) is 69.9 Å². The Morgan fingerprint density at radius 2 is 1.75 bits per heavy atom. The second kappa shape index (κ2) is 8.21. The molecule has 0 bridgehead atoms. The van der Waals surface area contributed by atoms with Crippen LogP contribution in [0.2, 0.25) is 0 Å². The second-order valence-corrected chi connectivity index (χ2v) is 9.07. The van der Waals surface area contributed by atoms with Gasteiger partial charge >= 0.3 is 18.2 Å². The molecule has 2 aromatic rings. The van der Waals surface area contributed by atoms with Crippen LogP contribution < -0.4 is 4.74 Å². The third-order valence-electron chi connectivity index (χ3n) is 6.39. The molecular weight excluding hydrogens is 487 g/mol. The van der Waals surface area contributed by atoms with Gasteiger partial charge in [-0.25, -0.2) is 4.79 Å². The topological polar surface area (TPSA) is 59.1 Å². The van der Waals surface area contributed by atoms with E-state index in [4.69, 9.17) is 9.47 Å². The molecule has 0 aromatic heterocycles. The molecule has 0 radical (unpaired) electrons. The van der Waals surface area contributed by atoms with E-state index in [0.29, 0.717) is 17.2 Å². The Labute approximate surface area is 203 Å². The van der Waals surface area contributed by atoms with Crippen molar-refractivity contribution in [2.24, 2.45) is 0 Å². The van der Waals surface area contributed by atoms with Crippen LogP contribution >= 0.6 is 0 Å². The lowest BCUT2D eigenvalue weighted by Gasteiger charge is -2.42. The molecule has 2 aromatic carbocycles. The molecule has 2 aliphatic rings. The average molecular weight is 510 g/mol. The monoisotopic (exact) mass is 510 g/mol. The van der Waals surface area contributed by atoms with Crippen LogP contribution in [0.25, 0.3) is 5.70 Å². The minimum absolute atomic E-state index is 0.00000331. The van der Waals surface area contributed by atoms with Crippen molar-refractivity contribution in [1.82, 2.24) is 9.80 Å². The van der Waals surface area contributed by atoms with Crippen LogP contribution in [0, 0.1) is 6.92 Å². The maximum absolute atomic E-state index is 14.5. The van der Waals surface area contributed by atoms with Gasteiger partial charge in [0.05, 0.1) is 25.0 Å². The van der Waals surface area contributed by atoms with Crippen molar-refractivity contribution < 1.29 is 41.0 Å². The zero-order valence-electron chi connectivity index (χ0n) is 20.1. The third-order valence-corrected chi connectivity index (χ3v) is 6.39. The number of hydrogen-bond donors (Lipinski definition) is 0. The normalized spacial score (nSPS) is 16.9. The summed E-state index contributed by atoms with van der Waals surface area (Å²) in [7, 11) is 2.47. The minimum Gasteiger partial charge on any atom is -0.481 e. The Morgan fingerprint density at radius 1 is 1.11 bits per heavy atom. The summed E-state index contributed by atoms with van der Waals surface area (Å²) in [6.45, 7) is 4.30. The zero-order chi connectivity index (χ0) is 26.8. The van der Waals surface area contributed by atoms with E-state index in [0.717, 1.165) is 25.0 Å². The molecule has 0 saturated heterocycles. The Kier molecular flexibility index (Phi) is 5.81. The summed E-state index contributed by atoms with van der Waals surface area (Å²) < 4.78 is 79.9. The van der Waals surface area contributed by atoms with E-state index in [2.05, 4.69) is 0 Å². The molecule has 0 saturated carbocycles. The fraction of sp³-hybridized carbons (Fsp3) is 0.360. The molecule has 0 N–H and O–H groups in total. The standard InChI is InChI=1S/C25H23F5N2O4/c1-13-16(24(26,27)25(28,29)30)10-11-17-18(13)19(20(23(2,3)36-17)31(4)22(34)35-5)32-12-14-8-6-7-9-15(14)21(32)33/h6-11H,12H2,1-5H3. The highest BCUT2D eigenvalue weighted by atomic mass is 19.4. The highest BCUT2D eigenvalue weighted by molar-refractivity contribution is 6.04. The fourth-order valence-corrected chi connectivity index (χ4v) is 4.77. The summed E-state index contributed by atoms with van der Waals surface area (Å²) in [5.41, 5.74) is -2.10. The highest BCUT2D eigenvalue weighted by Crippen LogP contribution is 2.51. The number of carbonyl (C=O) groups excluding carboxylic acids is 2. The molecule has 0 unspecified atom stereocenters. The first kappa shape index (κ1) is 25.5. The lowest BCUT2D eigenvalue weighted by molar-refractivity contribution is -0.289. The average Bonchev–Trinajstić information content (AvgIpc) is 3.12. The van der Waals surface area contributed by atoms with Crippen LogP contribution in [0.3, 0.4) is 0 Å². The second-order valence-electron chi connectivity index (χ2n) is 9.07. The van der Waals surface area contributed by atoms with Gasteiger partial charge in [0.15, 0.2) is 0 Å². The van der Waals surface area contributed by atoms with E-state index < -0.39 is 40.8 Å². The van der Waals surface area contributed by atoms with Crippen molar-refractivity contribution in [3.8, 4) is 5.75 Å². The van der Waals surface area contributed by atoms with Crippen LogP contribution in [-0.2, 0) is 17.2 Å². The summed E-state index contributed by atoms with van der Waals surface area (Å²) in [5.74, 6) is -5.66. The number of methoxy groups -OCH3 is 1. The van der Waals surface area contributed by atoms with Crippen molar-refractivity contribution in [1.29, 1.82) is 0 Å². The zero-order valence-corrected chi connectivity index (χ0v) is 20.1. The van der Waals surface area contributed by atoms with Crippen molar-refractivity contribution >= 4 is 17.7 Å². The van der Waals surface area contributed by atoms with Crippen LogP contribution in [0.4, 0.5) is 26.7 Å². The van der Waals surface area contributed by atoms with Crippen molar-refractivity contribution in [2.75, 3.05) is 14.2 Å². The molecule has 4 rings (SSSR count). The SMILES string of the molecule is COC(=O)N(C)C1=C(N2Cc3ccccc3C2=O)c2c(ccc(C(F)(F)C(F)(F)F)c2C)OC1(C)C. The molecule has 0 spiro atoms. The lowest BCUT2D eigenvalue weighted by Crippen LogP contribution is -2.47. The number of fused-ring (bicyclic) bond motifs is 2. The molecule has 0 fully saturated rings. The Hall–Kier alpha value is -3.63. The van der Waals surface area contributed by atoms with Crippen molar-refractivity contribution in [3.63, 3.8) is 0 Å². The Balaban J connectivity index is 2.07. The van der Waals surface area contributed by atoms with E-state index in [9.17, 15) is 31.5 Å². The van der Waals surface area contributed by atoms with Gasteiger partial charge < -0.3 is 14.4 Å². The largest absolute Gasteiger partial charge is 0.481 e. The molecular formula is C25H23F5N2O4.